The number of esters is 1. The summed E-state index contributed by atoms with van der Waals surface area (Å²) in [4.78, 5) is 34.7. The second-order valence-corrected chi connectivity index (χ2v) is 5.65. The van der Waals surface area contributed by atoms with E-state index >= 15 is 0 Å². The Bertz CT molecular complexity index is 527. The molecule has 0 aliphatic carbocycles. The SMILES string of the molecule is COC(=O)C(=O)C[C@H](CC(C)C)NC(=O)OCc1ccccc1. The van der Waals surface area contributed by atoms with Gasteiger partial charge in [0.15, 0.2) is 0 Å². The molecule has 0 bridgehead atoms. The predicted molar refractivity (Wildman–Crippen MR) is 84.6 cm³/mol. The van der Waals surface area contributed by atoms with Gasteiger partial charge < -0.3 is 14.8 Å². The monoisotopic (exact) mass is 321 g/mol. The van der Waals surface area contributed by atoms with E-state index in [9.17, 15) is 14.4 Å². The summed E-state index contributed by atoms with van der Waals surface area (Å²) in [6, 6.07) is 8.81. The van der Waals surface area contributed by atoms with Crippen LogP contribution in [0.1, 0.15) is 32.3 Å². The Hall–Kier alpha value is -2.37. The minimum Gasteiger partial charge on any atom is -0.463 e. The highest BCUT2D eigenvalue weighted by atomic mass is 16.5. The molecule has 1 aromatic carbocycles. The first kappa shape index (κ1) is 18.7. The van der Waals surface area contributed by atoms with Gasteiger partial charge in [-0.15, -0.1) is 0 Å². The molecule has 0 aliphatic heterocycles. The average molecular weight is 321 g/mol. The van der Waals surface area contributed by atoms with Crippen LogP contribution in [0.3, 0.4) is 0 Å². The van der Waals surface area contributed by atoms with E-state index in [2.05, 4.69) is 10.1 Å². The van der Waals surface area contributed by atoms with Gasteiger partial charge in [0.1, 0.15) is 6.61 Å². The predicted octanol–water partition coefficient (Wildman–Crippen LogP) is 2.46. The lowest BCUT2D eigenvalue weighted by atomic mass is 9.99. The molecule has 1 amide bonds. The summed E-state index contributed by atoms with van der Waals surface area (Å²) in [6.07, 6.45) is -0.161. The Morgan fingerprint density at radius 3 is 2.35 bits per heavy atom. The number of ketones is 1. The molecule has 0 saturated carbocycles. The van der Waals surface area contributed by atoms with Gasteiger partial charge in [0.05, 0.1) is 7.11 Å². The van der Waals surface area contributed by atoms with Gasteiger partial charge in [0.2, 0.25) is 5.78 Å². The van der Waals surface area contributed by atoms with Crippen molar-refractivity contribution in [1.29, 1.82) is 0 Å². The first-order valence-electron chi connectivity index (χ1n) is 7.50. The number of benzene rings is 1. The van der Waals surface area contributed by atoms with Crippen molar-refractivity contribution in [3.8, 4) is 0 Å². The van der Waals surface area contributed by atoms with Crippen molar-refractivity contribution in [2.45, 2.75) is 39.3 Å². The number of alkyl carbamates (subject to hydrolysis) is 1. The van der Waals surface area contributed by atoms with Gasteiger partial charge in [0, 0.05) is 12.5 Å². The lowest BCUT2D eigenvalue weighted by Crippen LogP contribution is -2.39. The van der Waals surface area contributed by atoms with Crippen LogP contribution in [-0.2, 0) is 25.7 Å². The fourth-order valence-corrected chi connectivity index (χ4v) is 2.11. The molecule has 0 radical (unpaired) electrons. The lowest BCUT2D eigenvalue weighted by Gasteiger charge is -2.19. The van der Waals surface area contributed by atoms with E-state index in [0.717, 1.165) is 12.7 Å². The van der Waals surface area contributed by atoms with Crippen molar-refractivity contribution >= 4 is 17.8 Å². The normalized spacial score (nSPS) is 11.7. The standard InChI is InChI=1S/C17H23NO5/c1-12(2)9-14(10-15(19)16(20)22-3)18-17(21)23-11-13-7-5-4-6-8-13/h4-8,12,14H,9-11H2,1-3H3,(H,18,21)/t14-/m0/s1. The van der Waals surface area contributed by atoms with Crippen LogP contribution in [0.5, 0.6) is 0 Å². The maximum absolute atomic E-state index is 11.9. The number of rotatable bonds is 8. The Morgan fingerprint density at radius 2 is 1.78 bits per heavy atom. The minimum absolute atomic E-state index is 0.106. The van der Waals surface area contributed by atoms with Gasteiger partial charge in [-0.3, -0.25) is 4.79 Å². The van der Waals surface area contributed by atoms with Gasteiger partial charge in [0.25, 0.3) is 0 Å². The maximum atomic E-state index is 11.9. The van der Waals surface area contributed by atoms with E-state index in [1.165, 1.54) is 0 Å². The second-order valence-electron chi connectivity index (χ2n) is 5.65. The number of Topliss-reactive ketones (excluding diaryl/α,β-unsaturated/α-hetero) is 1. The average Bonchev–Trinajstić information content (AvgIpc) is 2.52. The molecule has 0 saturated heterocycles. The van der Waals surface area contributed by atoms with Gasteiger partial charge in [-0.1, -0.05) is 44.2 Å². The van der Waals surface area contributed by atoms with Crippen LogP contribution < -0.4 is 5.32 Å². The summed E-state index contributed by atoms with van der Waals surface area (Å²) >= 11 is 0. The van der Waals surface area contributed by atoms with E-state index in [1.807, 2.05) is 44.2 Å². The quantitative estimate of drug-likeness (QED) is 0.587. The van der Waals surface area contributed by atoms with Gasteiger partial charge >= 0.3 is 12.1 Å². The van der Waals surface area contributed by atoms with Crippen LogP contribution in [0.25, 0.3) is 0 Å². The van der Waals surface area contributed by atoms with Gasteiger partial charge in [-0.2, -0.15) is 0 Å². The largest absolute Gasteiger partial charge is 0.463 e. The Labute approximate surface area is 136 Å². The summed E-state index contributed by atoms with van der Waals surface area (Å²) in [5.41, 5.74) is 0.869. The Balaban J connectivity index is 2.53. The molecule has 6 nitrogen and oxygen atoms in total. The molecular formula is C17H23NO5. The number of hydrogen-bond donors (Lipinski definition) is 1. The molecule has 126 valence electrons. The molecule has 1 rings (SSSR count). The zero-order valence-corrected chi connectivity index (χ0v) is 13.7. The van der Waals surface area contributed by atoms with Crippen molar-refractivity contribution in [3.63, 3.8) is 0 Å². The highest BCUT2D eigenvalue weighted by molar-refractivity contribution is 6.33. The first-order valence-corrected chi connectivity index (χ1v) is 7.50. The van der Waals surface area contributed by atoms with Crippen LogP contribution in [0.4, 0.5) is 4.79 Å². The smallest absolute Gasteiger partial charge is 0.407 e. The molecule has 0 aliphatic rings. The first-order chi connectivity index (χ1) is 10.9. The molecule has 23 heavy (non-hydrogen) atoms. The van der Waals surface area contributed by atoms with Crippen LogP contribution in [0.2, 0.25) is 0 Å². The van der Waals surface area contributed by atoms with Crippen LogP contribution in [0.15, 0.2) is 30.3 Å². The molecule has 1 N–H and O–H groups in total. The van der Waals surface area contributed by atoms with Crippen LogP contribution in [0, 0.1) is 5.92 Å². The molecule has 0 unspecified atom stereocenters. The lowest BCUT2D eigenvalue weighted by molar-refractivity contribution is -0.151. The summed E-state index contributed by atoms with van der Waals surface area (Å²) in [7, 11) is 1.15. The summed E-state index contributed by atoms with van der Waals surface area (Å²) in [5.74, 6) is -1.32. The number of methoxy groups -OCH3 is 1. The zero-order valence-electron chi connectivity index (χ0n) is 13.7. The van der Waals surface area contributed by atoms with Crippen molar-refractivity contribution in [1.82, 2.24) is 5.32 Å². The number of ether oxygens (including phenoxy) is 2. The molecule has 0 spiro atoms. The Morgan fingerprint density at radius 1 is 1.13 bits per heavy atom. The van der Waals surface area contributed by atoms with E-state index < -0.39 is 23.9 Å². The molecular weight excluding hydrogens is 298 g/mol. The van der Waals surface area contributed by atoms with Crippen molar-refractivity contribution in [3.05, 3.63) is 35.9 Å². The van der Waals surface area contributed by atoms with E-state index in [4.69, 9.17) is 4.74 Å². The topological polar surface area (TPSA) is 81.7 Å². The van der Waals surface area contributed by atoms with E-state index in [0.29, 0.717) is 6.42 Å². The summed E-state index contributed by atoms with van der Waals surface area (Å²) in [5, 5.41) is 2.64. The fourth-order valence-electron chi connectivity index (χ4n) is 2.11. The summed E-state index contributed by atoms with van der Waals surface area (Å²) in [6.45, 7) is 4.07. The molecule has 0 heterocycles. The zero-order chi connectivity index (χ0) is 17.2. The molecule has 6 heteroatoms. The number of hydrogen-bond acceptors (Lipinski definition) is 5. The third-order valence-corrected chi connectivity index (χ3v) is 3.14. The Kier molecular flexibility index (Phi) is 7.80. The molecule has 0 fully saturated rings. The summed E-state index contributed by atoms with van der Waals surface area (Å²) < 4.78 is 9.53. The number of amides is 1. The highest BCUT2D eigenvalue weighted by Crippen LogP contribution is 2.10. The van der Waals surface area contributed by atoms with E-state index in [-0.39, 0.29) is 18.9 Å². The van der Waals surface area contributed by atoms with Crippen LogP contribution >= 0.6 is 0 Å². The highest BCUT2D eigenvalue weighted by Gasteiger charge is 2.23. The van der Waals surface area contributed by atoms with Gasteiger partial charge in [-0.05, 0) is 17.9 Å². The van der Waals surface area contributed by atoms with Crippen LogP contribution in [-0.4, -0.2) is 31.0 Å². The third-order valence-electron chi connectivity index (χ3n) is 3.14. The fraction of sp³-hybridized carbons (Fsp3) is 0.471. The minimum atomic E-state index is -0.904. The second kappa shape index (κ2) is 9.61. The number of carbonyl (C=O) groups excluding carboxylic acids is 3. The van der Waals surface area contributed by atoms with Crippen molar-refractivity contribution in [2.24, 2.45) is 5.92 Å². The van der Waals surface area contributed by atoms with Crippen molar-refractivity contribution in [2.75, 3.05) is 7.11 Å². The molecule has 1 atom stereocenters. The maximum Gasteiger partial charge on any atom is 0.407 e. The number of nitrogens with one attached hydrogen (secondary N) is 1. The molecule has 1 aromatic rings. The van der Waals surface area contributed by atoms with E-state index in [1.54, 1.807) is 0 Å². The third kappa shape index (κ3) is 7.44. The molecule has 0 aromatic heterocycles. The number of carbonyl (C=O) groups is 3. The van der Waals surface area contributed by atoms with Crippen molar-refractivity contribution < 1.29 is 23.9 Å². The van der Waals surface area contributed by atoms with Gasteiger partial charge in [-0.25, -0.2) is 9.59 Å².